The lowest BCUT2D eigenvalue weighted by atomic mass is 9.85. The van der Waals surface area contributed by atoms with E-state index in [1.807, 2.05) is 42.0 Å². The summed E-state index contributed by atoms with van der Waals surface area (Å²) in [6.45, 7) is 0. The zero-order valence-corrected chi connectivity index (χ0v) is 16.8. The molecule has 4 rings (SSSR count). The molecule has 0 aliphatic heterocycles. The molecular formula is C22H25N3O2S. The average molecular weight is 396 g/mol. The summed E-state index contributed by atoms with van der Waals surface area (Å²) in [7, 11) is 0. The molecular weight excluding hydrogens is 370 g/mol. The highest BCUT2D eigenvalue weighted by atomic mass is 32.2. The second-order valence-corrected chi connectivity index (χ2v) is 8.13. The minimum Gasteiger partial charge on any atom is -0.438 e. The van der Waals surface area contributed by atoms with E-state index in [0.717, 1.165) is 31.5 Å². The summed E-state index contributed by atoms with van der Waals surface area (Å²) in [5, 5.41) is 5.16. The van der Waals surface area contributed by atoms with Gasteiger partial charge in [0.25, 0.3) is 5.91 Å². The van der Waals surface area contributed by atoms with Crippen molar-refractivity contribution in [1.29, 1.82) is 0 Å². The molecule has 28 heavy (non-hydrogen) atoms. The van der Waals surface area contributed by atoms with Gasteiger partial charge in [-0.2, -0.15) is 4.98 Å². The second kappa shape index (κ2) is 8.78. The Labute approximate surface area is 170 Å². The van der Waals surface area contributed by atoms with E-state index in [-0.39, 0.29) is 11.9 Å². The van der Waals surface area contributed by atoms with Crippen LogP contribution in [0.3, 0.4) is 0 Å². The van der Waals surface area contributed by atoms with Gasteiger partial charge in [0.1, 0.15) is 17.1 Å². The molecule has 2 aromatic rings. The van der Waals surface area contributed by atoms with Crippen LogP contribution in [0.2, 0.25) is 0 Å². The van der Waals surface area contributed by atoms with E-state index in [0.29, 0.717) is 29.0 Å². The first-order chi connectivity index (χ1) is 13.7. The van der Waals surface area contributed by atoms with Gasteiger partial charge in [0.05, 0.1) is 6.04 Å². The van der Waals surface area contributed by atoms with Gasteiger partial charge in [-0.25, -0.2) is 4.98 Å². The summed E-state index contributed by atoms with van der Waals surface area (Å²) < 4.78 is 5.99. The maximum absolute atomic E-state index is 13.0. The Hall–Kier alpha value is -2.34. The van der Waals surface area contributed by atoms with E-state index in [2.05, 4.69) is 21.4 Å². The van der Waals surface area contributed by atoms with Crippen molar-refractivity contribution in [2.24, 2.45) is 5.92 Å². The third kappa shape index (κ3) is 4.55. The number of ether oxygens (including phenoxy) is 1. The van der Waals surface area contributed by atoms with Gasteiger partial charge in [-0.15, -0.1) is 11.8 Å². The van der Waals surface area contributed by atoms with Crippen molar-refractivity contribution >= 4 is 17.7 Å². The van der Waals surface area contributed by atoms with Gasteiger partial charge in [-0.05, 0) is 55.4 Å². The highest BCUT2D eigenvalue weighted by Gasteiger charge is 2.32. The maximum Gasteiger partial charge on any atom is 0.258 e. The Balaban J connectivity index is 1.58. The van der Waals surface area contributed by atoms with Crippen LogP contribution in [-0.2, 0) is 0 Å². The number of carbonyl (C=O) groups excluding carboxylic acids is 1. The number of hydrogen-bond acceptors (Lipinski definition) is 5. The van der Waals surface area contributed by atoms with Gasteiger partial charge in [0.2, 0.25) is 5.88 Å². The number of benzene rings is 1. The minimum absolute atomic E-state index is 0.0378. The van der Waals surface area contributed by atoms with Crippen molar-refractivity contribution in [3.63, 3.8) is 0 Å². The number of carbonyl (C=O) groups is 1. The lowest BCUT2D eigenvalue weighted by molar-refractivity contribution is 0.0937. The zero-order chi connectivity index (χ0) is 19.3. The maximum atomic E-state index is 13.0. The molecule has 2 aliphatic rings. The highest BCUT2D eigenvalue weighted by Crippen LogP contribution is 2.36. The largest absolute Gasteiger partial charge is 0.438 e. The molecule has 1 heterocycles. The first-order valence-corrected chi connectivity index (χ1v) is 11.1. The lowest BCUT2D eigenvalue weighted by Gasteiger charge is -2.24. The summed E-state index contributed by atoms with van der Waals surface area (Å²) in [5.74, 6) is 2.48. The SMILES string of the molecule is CS/C=C/C(NC(=O)c1cnc(C2CCC2)nc1Oc1ccccc1)C1CC1. The standard InChI is InChI=1S/C22H25N3O2S/c1-28-13-12-19(15-10-11-15)24-21(26)18-14-23-20(16-6-5-7-16)25-22(18)27-17-8-3-2-4-9-17/h2-4,8-9,12-16,19H,5-7,10-11H2,1H3,(H,24,26)/b13-12+. The van der Waals surface area contributed by atoms with Crippen molar-refractivity contribution in [2.45, 2.75) is 44.1 Å². The average Bonchev–Trinajstić information content (AvgIpc) is 3.50. The van der Waals surface area contributed by atoms with Crippen molar-refractivity contribution < 1.29 is 9.53 Å². The van der Waals surface area contributed by atoms with Gasteiger partial charge >= 0.3 is 0 Å². The molecule has 2 fully saturated rings. The molecule has 146 valence electrons. The second-order valence-electron chi connectivity index (χ2n) is 7.39. The monoisotopic (exact) mass is 395 g/mol. The number of para-hydroxylation sites is 1. The van der Waals surface area contributed by atoms with Gasteiger partial charge < -0.3 is 10.1 Å². The molecule has 1 aromatic heterocycles. The van der Waals surface area contributed by atoms with Crippen LogP contribution in [0.5, 0.6) is 11.6 Å². The molecule has 1 aromatic carbocycles. The van der Waals surface area contributed by atoms with Crippen molar-refractivity contribution in [3.05, 3.63) is 59.4 Å². The number of amides is 1. The van der Waals surface area contributed by atoms with Gasteiger partial charge in [-0.1, -0.05) is 30.7 Å². The number of aromatic nitrogens is 2. The Morgan fingerprint density at radius 3 is 2.68 bits per heavy atom. The van der Waals surface area contributed by atoms with Gasteiger partial charge in [0.15, 0.2) is 0 Å². The third-order valence-corrected chi connectivity index (χ3v) is 5.72. The van der Waals surface area contributed by atoms with Crippen LogP contribution in [0, 0.1) is 5.92 Å². The van der Waals surface area contributed by atoms with Crippen LogP contribution in [-0.4, -0.2) is 28.2 Å². The van der Waals surface area contributed by atoms with Gasteiger partial charge in [-0.3, -0.25) is 4.79 Å². The van der Waals surface area contributed by atoms with Crippen LogP contribution in [0.15, 0.2) is 48.0 Å². The zero-order valence-electron chi connectivity index (χ0n) is 16.0. The summed E-state index contributed by atoms with van der Waals surface area (Å²) in [6.07, 6.45) is 11.4. The number of nitrogens with zero attached hydrogens (tertiary/aromatic N) is 2. The van der Waals surface area contributed by atoms with Crippen molar-refractivity contribution in [3.8, 4) is 11.6 Å². The van der Waals surface area contributed by atoms with Crippen LogP contribution >= 0.6 is 11.8 Å². The fourth-order valence-electron chi connectivity index (χ4n) is 3.25. The molecule has 0 radical (unpaired) electrons. The van der Waals surface area contributed by atoms with E-state index in [1.54, 1.807) is 18.0 Å². The van der Waals surface area contributed by atoms with E-state index in [4.69, 9.17) is 4.74 Å². The normalized spacial score (nSPS) is 17.9. The van der Waals surface area contributed by atoms with Crippen molar-refractivity contribution in [2.75, 3.05) is 6.26 Å². The first-order valence-electron chi connectivity index (χ1n) is 9.85. The van der Waals surface area contributed by atoms with Crippen molar-refractivity contribution in [1.82, 2.24) is 15.3 Å². The minimum atomic E-state index is -0.186. The fourth-order valence-corrected chi connectivity index (χ4v) is 3.57. The van der Waals surface area contributed by atoms with E-state index >= 15 is 0 Å². The lowest BCUT2D eigenvalue weighted by Crippen LogP contribution is -2.35. The predicted octanol–water partition coefficient (Wildman–Crippen LogP) is 4.92. The Morgan fingerprint density at radius 1 is 1.25 bits per heavy atom. The van der Waals surface area contributed by atoms with Crippen LogP contribution < -0.4 is 10.1 Å². The number of thioether (sulfide) groups is 1. The summed E-state index contributed by atoms with van der Waals surface area (Å²) in [4.78, 5) is 22.1. The van der Waals surface area contributed by atoms with E-state index in [1.165, 1.54) is 6.42 Å². The molecule has 6 heteroatoms. The fraction of sp³-hybridized carbons (Fsp3) is 0.409. The molecule has 0 bridgehead atoms. The molecule has 5 nitrogen and oxygen atoms in total. The smallest absolute Gasteiger partial charge is 0.258 e. The molecule has 1 amide bonds. The third-order valence-electron chi connectivity index (χ3n) is 5.29. The molecule has 0 spiro atoms. The molecule has 2 saturated carbocycles. The van der Waals surface area contributed by atoms with Crippen LogP contribution in [0.4, 0.5) is 0 Å². The molecule has 2 aliphatic carbocycles. The Kier molecular flexibility index (Phi) is 5.95. The molecule has 1 unspecified atom stereocenters. The van der Waals surface area contributed by atoms with E-state index < -0.39 is 0 Å². The quantitative estimate of drug-likeness (QED) is 0.687. The number of hydrogen-bond donors (Lipinski definition) is 1. The van der Waals surface area contributed by atoms with Crippen LogP contribution in [0.25, 0.3) is 0 Å². The topological polar surface area (TPSA) is 64.1 Å². The summed E-state index contributed by atoms with van der Waals surface area (Å²) in [6, 6.07) is 9.50. The van der Waals surface area contributed by atoms with E-state index in [9.17, 15) is 4.79 Å². The molecule has 1 atom stereocenters. The summed E-state index contributed by atoms with van der Waals surface area (Å²) in [5.41, 5.74) is 0.384. The Bertz CT molecular complexity index is 848. The predicted molar refractivity (Wildman–Crippen MR) is 112 cm³/mol. The van der Waals surface area contributed by atoms with Crippen LogP contribution in [0.1, 0.15) is 54.2 Å². The Morgan fingerprint density at radius 2 is 2.04 bits per heavy atom. The highest BCUT2D eigenvalue weighted by molar-refractivity contribution is 8.01. The van der Waals surface area contributed by atoms with Gasteiger partial charge in [0, 0.05) is 12.1 Å². The molecule has 0 saturated heterocycles. The number of nitrogens with one attached hydrogen (secondary N) is 1. The first kappa shape index (κ1) is 19.0. The molecule has 1 N–H and O–H groups in total. The summed E-state index contributed by atoms with van der Waals surface area (Å²) >= 11 is 1.64. The number of rotatable bonds is 8.